The van der Waals surface area contributed by atoms with Gasteiger partial charge in [0.15, 0.2) is 0 Å². The van der Waals surface area contributed by atoms with E-state index in [2.05, 4.69) is 15.5 Å². The summed E-state index contributed by atoms with van der Waals surface area (Å²) in [4.78, 5) is 4.39. The Kier molecular flexibility index (Phi) is 3.15. The number of hydrogen-bond acceptors (Lipinski definition) is 5. The Morgan fingerprint density at radius 2 is 2.00 bits per heavy atom. The van der Waals surface area contributed by atoms with Crippen LogP contribution < -0.4 is 5.73 Å². The second-order valence-electron chi connectivity index (χ2n) is 4.31. The Hall–Kier alpha value is -1.98. The molecule has 2 aromatic heterocycles. The summed E-state index contributed by atoms with van der Waals surface area (Å²) >= 11 is 1.62. The predicted octanol–water partition coefficient (Wildman–Crippen LogP) is 3.15. The molecule has 0 bridgehead atoms. The lowest BCUT2D eigenvalue weighted by Crippen LogP contribution is -2.11. The van der Waals surface area contributed by atoms with E-state index in [1.165, 1.54) is 0 Å². The van der Waals surface area contributed by atoms with Crippen LogP contribution in [0.15, 0.2) is 45.6 Å². The highest BCUT2D eigenvalue weighted by molar-refractivity contribution is 7.08. The van der Waals surface area contributed by atoms with E-state index in [9.17, 15) is 0 Å². The molecule has 1 atom stereocenters. The van der Waals surface area contributed by atoms with Crippen LogP contribution in [-0.4, -0.2) is 10.1 Å². The molecular weight excluding hydrogens is 258 g/mol. The largest absolute Gasteiger partial charge is 0.337 e. The van der Waals surface area contributed by atoms with E-state index in [0.29, 0.717) is 11.7 Å². The minimum atomic E-state index is -0.388. The smallest absolute Gasteiger partial charge is 0.248 e. The van der Waals surface area contributed by atoms with E-state index in [0.717, 1.165) is 16.7 Å². The monoisotopic (exact) mass is 271 g/mol. The zero-order chi connectivity index (χ0) is 13.2. The summed E-state index contributed by atoms with van der Waals surface area (Å²) in [5, 5.41) is 8.08. The predicted molar refractivity (Wildman–Crippen MR) is 74.8 cm³/mol. The number of nitrogens with zero attached hydrogens (tertiary/aromatic N) is 2. The molecule has 1 aromatic carbocycles. The van der Waals surface area contributed by atoms with Crippen LogP contribution in [0.25, 0.3) is 11.4 Å². The molecule has 0 aliphatic rings. The lowest BCUT2D eigenvalue weighted by atomic mass is 10.1. The minimum absolute atomic E-state index is 0.388. The number of nitrogens with two attached hydrogens (primary N) is 1. The van der Waals surface area contributed by atoms with Crippen LogP contribution in [0.3, 0.4) is 0 Å². The van der Waals surface area contributed by atoms with Crippen LogP contribution in [0.1, 0.15) is 23.1 Å². The molecule has 0 amide bonds. The van der Waals surface area contributed by atoms with E-state index in [1.54, 1.807) is 11.3 Å². The van der Waals surface area contributed by atoms with E-state index in [4.69, 9.17) is 10.3 Å². The fourth-order valence-electron chi connectivity index (χ4n) is 1.86. The molecule has 0 spiro atoms. The molecule has 3 aromatic rings. The summed E-state index contributed by atoms with van der Waals surface area (Å²) in [7, 11) is 0. The average Bonchev–Trinajstić information content (AvgIpc) is 3.07. The van der Waals surface area contributed by atoms with Gasteiger partial charge >= 0.3 is 0 Å². The third-order valence-corrected chi connectivity index (χ3v) is 3.82. The summed E-state index contributed by atoms with van der Waals surface area (Å²) in [6.45, 7) is 2.03. The maximum absolute atomic E-state index is 6.13. The summed E-state index contributed by atoms with van der Waals surface area (Å²) in [5.41, 5.74) is 9.23. The minimum Gasteiger partial charge on any atom is -0.337 e. The first-order valence-electron chi connectivity index (χ1n) is 5.93. The van der Waals surface area contributed by atoms with Crippen LogP contribution in [0.2, 0.25) is 0 Å². The number of thiophene rings is 1. The van der Waals surface area contributed by atoms with Gasteiger partial charge in [-0.3, -0.25) is 0 Å². The SMILES string of the molecule is Cc1cscc1-c1noc(C(N)c2ccccc2)n1. The van der Waals surface area contributed by atoms with Gasteiger partial charge in [0.25, 0.3) is 0 Å². The maximum atomic E-state index is 6.13. The summed E-state index contributed by atoms with van der Waals surface area (Å²) in [5.74, 6) is 1.03. The number of benzene rings is 1. The Labute approximate surface area is 114 Å². The number of hydrogen-bond donors (Lipinski definition) is 1. The van der Waals surface area contributed by atoms with E-state index in [-0.39, 0.29) is 6.04 Å². The van der Waals surface area contributed by atoms with Gasteiger partial charge in [-0.15, -0.1) is 0 Å². The molecule has 2 heterocycles. The van der Waals surface area contributed by atoms with Crippen molar-refractivity contribution in [3.8, 4) is 11.4 Å². The Bertz CT molecular complexity index is 675. The van der Waals surface area contributed by atoms with E-state index in [1.807, 2.05) is 42.6 Å². The van der Waals surface area contributed by atoms with Gasteiger partial charge in [0, 0.05) is 10.9 Å². The summed E-state index contributed by atoms with van der Waals surface area (Å²) in [6, 6.07) is 9.34. The van der Waals surface area contributed by atoms with Gasteiger partial charge in [-0.05, 0) is 23.4 Å². The van der Waals surface area contributed by atoms with Gasteiger partial charge < -0.3 is 10.3 Å². The fourth-order valence-corrected chi connectivity index (χ4v) is 2.69. The molecular formula is C14H13N3OS. The average molecular weight is 271 g/mol. The Morgan fingerprint density at radius 1 is 1.21 bits per heavy atom. The van der Waals surface area contributed by atoms with Crippen molar-refractivity contribution < 1.29 is 4.52 Å². The Morgan fingerprint density at radius 3 is 2.68 bits per heavy atom. The summed E-state index contributed by atoms with van der Waals surface area (Å²) < 4.78 is 5.28. The normalized spacial score (nSPS) is 12.5. The van der Waals surface area contributed by atoms with Crippen molar-refractivity contribution in [1.29, 1.82) is 0 Å². The molecule has 0 saturated carbocycles. The van der Waals surface area contributed by atoms with Crippen molar-refractivity contribution in [3.05, 3.63) is 58.1 Å². The molecule has 0 fully saturated rings. The van der Waals surface area contributed by atoms with Crippen LogP contribution >= 0.6 is 11.3 Å². The van der Waals surface area contributed by atoms with Crippen molar-refractivity contribution in [2.75, 3.05) is 0 Å². The molecule has 0 aliphatic heterocycles. The zero-order valence-corrected chi connectivity index (χ0v) is 11.2. The molecule has 0 aliphatic carbocycles. The van der Waals surface area contributed by atoms with Crippen LogP contribution in [-0.2, 0) is 0 Å². The standard InChI is InChI=1S/C14H13N3OS/c1-9-7-19-8-11(9)13-16-14(18-17-13)12(15)10-5-3-2-4-6-10/h2-8,12H,15H2,1H3. The molecule has 4 nitrogen and oxygen atoms in total. The second-order valence-corrected chi connectivity index (χ2v) is 5.06. The molecule has 0 saturated heterocycles. The van der Waals surface area contributed by atoms with Gasteiger partial charge in [-0.25, -0.2) is 0 Å². The Balaban J connectivity index is 1.92. The third kappa shape index (κ3) is 2.30. The van der Waals surface area contributed by atoms with E-state index < -0.39 is 0 Å². The van der Waals surface area contributed by atoms with Crippen LogP contribution in [0, 0.1) is 6.92 Å². The van der Waals surface area contributed by atoms with Gasteiger partial charge in [0.1, 0.15) is 6.04 Å². The first-order valence-corrected chi connectivity index (χ1v) is 6.87. The first kappa shape index (κ1) is 12.1. The van der Waals surface area contributed by atoms with E-state index >= 15 is 0 Å². The molecule has 2 N–H and O–H groups in total. The van der Waals surface area contributed by atoms with Crippen molar-refractivity contribution in [1.82, 2.24) is 10.1 Å². The molecule has 19 heavy (non-hydrogen) atoms. The quantitative estimate of drug-likeness (QED) is 0.794. The fraction of sp³-hybridized carbons (Fsp3) is 0.143. The maximum Gasteiger partial charge on any atom is 0.248 e. The van der Waals surface area contributed by atoms with Crippen molar-refractivity contribution in [3.63, 3.8) is 0 Å². The van der Waals surface area contributed by atoms with Crippen LogP contribution in [0.4, 0.5) is 0 Å². The van der Waals surface area contributed by atoms with Crippen molar-refractivity contribution >= 4 is 11.3 Å². The molecule has 96 valence electrons. The number of aromatic nitrogens is 2. The number of rotatable bonds is 3. The van der Waals surface area contributed by atoms with Crippen molar-refractivity contribution in [2.24, 2.45) is 5.73 Å². The topological polar surface area (TPSA) is 64.9 Å². The molecule has 0 radical (unpaired) electrons. The van der Waals surface area contributed by atoms with Gasteiger partial charge in [0.05, 0.1) is 0 Å². The third-order valence-electron chi connectivity index (χ3n) is 2.96. The lowest BCUT2D eigenvalue weighted by molar-refractivity contribution is 0.367. The van der Waals surface area contributed by atoms with Crippen molar-refractivity contribution in [2.45, 2.75) is 13.0 Å². The first-order chi connectivity index (χ1) is 9.25. The van der Waals surface area contributed by atoms with Gasteiger partial charge in [-0.2, -0.15) is 16.3 Å². The number of aryl methyl sites for hydroxylation is 1. The highest BCUT2D eigenvalue weighted by atomic mass is 32.1. The highest BCUT2D eigenvalue weighted by Crippen LogP contribution is 2.26. The summed E-state index contributed by atoms with van der Waals surface area (Å²) in [6.07, 6.45) is 0. The van der Waals surface area contributed by atoms with Gasteiger partial charge in [-0.1, -0.05) is 35.5 Å². The molecule has 5 heteroatoms. The molecule has 1 unspecified atom stereocenters. The van der Waals surface area contributed by atoms with Gasteiger partial charge in [0.2, 0.25) is 11.7 Å². The van der Waals surface area contributed by atoms with Crippen LogP contribution in [0.5, 0.6) is 0 Å². The zero-order valence-electron chi connectivity index (χ0n) is 10.4. The molecule has 3 rings (SSSR count). The highest BCUT2D eigenvalue weighted by Gasteiger charge is 2.18. The second kappa shape index (κ2) is 4.95. The lowest BCUT2D eigenvalue weighted by Gasteiger charge is -2.05.